The molecule has 0 spiro atoms. The average molecular weight is 366 g/mol. The lowest BCUT2D eigenvalue weighted by Gasteiger charge is -2.21. The van der Waals surface area contributed by atoms with E-state index in [0.717, 1.165) is 16.7 Å². The van der Waals surface area contributed by atoms with Crippen LogP contribution in [0.3, 0.4) is 0 Å². The van der Waals surface area contributed by atoms with Gasteiger partial charge in [0.2, 0.25) is 11.8 Å². The highest BCUT2D eigenvalue weighted by Gasteiger charge is 2.64. The number of fused-ring (bicyclic) bond motifs is 8. The van der Waals surface area contributed by atoms with Crippen LogP contribution in [0.4, 0.5) is 11.4 Å². The third-order valence-electron chi connectivity index (χ3n) is 5.53. The Bertz CT molecular complexity index is 988. The topological polar surface area (TPSA) is 80.5 Å². The maximum atomic E-state index is 13.1. The maximum absolute atomic E-state index is 13.1. The number of aryl methyl sites for hydroxylation is 1. The van der Waals surface area contributed by atoms with Crippen molar-refractivity contribution in [1.82, 2.24) is 0 Å². The minimum atomic E-state index is -0.437. The Labute approximate surface area is 153 Å². The second-order valence-corrected chi connectivity index (χ2v) is 8.23. The van der Waals surface area contributed by atoms with Crippen molar-refractivity contribution in [3.63, 3.8) is 0 Å². The Morgan fingerprint density at radius 1 is 0.962 bits per heavy atom. The number of carbonyl (C=O) groups excluding carboxylic acids is 2. The molecule has 2 bridgehead atoms. The van der Waals surface area contributed by atoms with Gasteiger partial charge in [0, 0.05) is 22.6 Å². The van der Waals surface area contributed by atoms with Crippen LogP contribution in [0.1, 0.15) is 27.2 Å². The van der Waals surface area contributed by atoms with Gasteiger partial charge in [0.1, 0.15) is 0 Å². The van der Waals surface area contributed by atoms with Gasteiger partial charge in [-0.15, -0.1) is 11.8 Å². The number of nitro groups is 1. The van der Waals surface area contributed by atoms with Crippen LogP contribution in [0.25, 0.3) is 0 Å². The Kier molecular flexibility index (Phi) is 3.10. The molecule has 2 aromatic carbocycles. The van der Waals surface area contributed by atoms with Crippen LogP contribution in [-0.2, 0) is 9.59 Å². The van der Waals surface area contributed by atoms with E-state index in [1.54, 1.807) is 36.0 Å². The number of amides is 2. The highest BCUT2D eigenvalue weighted by molar-refractivity contribution is 8.00. The Hall–Kier alpha value is -2.67. The molecule has 2 amide bonds. The Balaban J connectivity index is 1.57. The first-order valence-electron chi connectivity index (χ1n) is 8.35. The number of benzene rings is 2. The predicted molar refractivity (Wildman–Crippen MR) is 96.8 cm³/mol. The molecule has 0 saturated carbocycles. The summed E-state index contributed by atoms with van der Waals surface area (Å²) in [4.78, 5) is 38.1. The fourth-order valence-electron chi connectivity index (χ4n) is 4.34. The fourth-order valence-corrected chi connectivity index (χ4v) is 6.28. The number of non-ortho nitro benzene ring substituents is 1. The number of thioether (sulfide) groups is 1. The molecule has 3 aliphatic heterocycles. The van der Waals surface area contributed by atoms with Crippen molar-refractivity contribution in [3.8, 4) is 0 Å². The number of carbonyl (C=O) groups is 2. The molecule has 3 aliphatic rings. The standard InChI is InChI=1S/C19H14N2O4S/c1-9-2-4-10(5-3-9)20-18(22)14-15(19(20)23)17-13-8-11(21(24)25)6-7-12(13)16(14)26-17/h2-8,14-17H,1H3/t14-,15+,16-,17+/m1/s1. The minimum absolute atomic E-state index is 0.0283. The molecule has 0 aliphatic carbocycles. The second-order valence-electron chi connectivity index (χ2n) is 6.95. The summed E-state index contributed by atoms with van der Waals surface area (Å²) in [7, 11) is 0. The summed E-state index contributed by atoms with van der Waals surface area (Å²) in [6.07, 6.45) is 0. The van der Waals surface area contributed by atoms with Gasteiger partial charge in [0.25, 0.3) is 5.69 Å². The van der Waals surface area contributed by atoms with Gasteiger partial charge in [-0.05, 0) is 30.2 Å². The molecule has 2 aromatic rings. The van der Waals surface area contributed by atoms with Crippen molar-refractivity contribution >= 4 is 35.0 Å². The van der Waals surface area contributed by atoms with Gasteiger partial charge in [0.15, 0.2) is 0 Å². The average Bonchev–Trinajstić information content (AvgIpc) is 3.26. The molecule has 130 valence electrons. The monoisotopic (exact) mass is 366 g/mol. The van der Waals surface area contributed by atoms with Gasteiger partial charge < -0.3 is 0 Å². The Morgan fingerprint density at radius 3 is 2.19 bits per heavy atom. The van der Waals surface area contributed by atoms with Crippen LogP contribution in [0.2, 0.25) is 0 Å². The van der Waals surface area contributed by atoms with Crippen molar-refractivity contribution in [2.75, 3.05) is 4.90 Å². The molecular weight excluding hydrogens is 352 g/mol. The van der Waals surface area contributed by atoms with E-state index in [2.05, 4.69) is 0 Å². The van der Waals surface area contributed by atoms with Crippen molar-refractivity contribution in [2.45, 2.75) is 17.4 Å². The number of rotatable bonds is 2. The van der Waals surface area contributed by atoms with Crippen LogP contribution in [0, 0.1) is 28.9 Å². The number of hydrogen-bond acceptors (Lipinski definition) is 5. The molecule has 2 fully saturated rings. The largest absolute Gasteiger partial charge is 0.274 e. The van der Waals surface area contributed by atoms with E-state index in [-0.39, 0.29) is 33.9 Å². The zero-order valence-electron chi connectivity index (χ0n) is 13.8. The molecule has 0 unspecified atom stereocenters. The predicted octanol–water partition coefficient (Wildman–Crippen LogP) is 3.55. The lowest BCUT2D eigenvalue weighted by Crippen LogP contribution is -2.31. The highest BCUT2D eigenvalue weighted by Crippen LogP contribution is 2.69. The number of imide groups is 1. The first kappa shape index (κ1) is 15.6. The molecular formula is C19H14N2O4S. The summed E-state index contributed by atoms with van der Waals surface area (Å²) >= 11 is 1.59. The molecule has 4 atom stereocenters. The van der Waals surface area contributed by atoms with E-state index in [4.69, 9.17) is 0 Å². The quantitative estimate of drug-likeness (QED) is 0.461. The summed E-state index contributed by atoms with van der Waals surface area (Å²) < 4.78 is 0. The molecule has 0 N–H and O–H groups in total. The highest BCUT2D eigenvalue weighted by atomic mass is 32.2. The molecule has 26 heavy (non-hydrogen) atoms. The van der Waals surface area contributed by atoms with Gasteiger partial charge in [-0.2, -0.15) is 0 Å². The van der Waals surface area contributed by atoms with Crippen LogP contribution in [-0.4, -0.2) is 16.7 Å². The van der Waals surface area contributed by atoms with Gasteiger partial charge in [-0.25, -0.2) is 4.90 Å². The van der Waals surface area contributed by atoms with Crippen LogP contribution >= 0.6 is 11.8 Å². The molecule has 6 nitrogen and oxygen atoms in total. The normalized spacial score (nSPS) is 28.4. The lowest BCUT2D eigenvalue weighted by molar-refractivity contribution is -0.384. The zero-order valence-corrected chi connectivity index (χ0v) is 14.6. The summed E-state index contributed by atoms with van der Waals surface area (Å²) in [5.74, 6) is -1.17. The molecule has 7 heteroatoms. The van der Waals surface area contributed by atoms with Gasteiger partial charge in [-0.3, -0.25) is 19.7 Å². The fraction of sp³-hybridized carbons (Fsp3) is 0.263. The third kappa shape index (κ3) is 1.89. The zero-order chi connectivity index (χ0) is 18.2. The van der Waals surface area contributed by atoms with Crippen LogP contribution in [0.5, 0.6) is 0 Å². The SMILES string of the molecule is Cc1ccc(N2C(=O)[C@@H]3[C@H](C2=O)[C@H]2S[C@@H]3c3ccc([N+](=O)[O-])cc32)cc1. The number of hydrogen-bond donors (Lipinski definition) is 0. The number of nitro benzene ring substituents is 1. The second kappa shape index (κ2) is 5.17. The minimum Gasteiger partial charge on any atom is -0.274 e. The van der Waals surface area contributed by atoms with Gasteiger partial charge in [-0.1, -0.05) is 23.8 Å². The maximum Gasteiger partial charge on any atom is 0.269 e. The first-order valence-corrected chi connectivity index (χ1v) is 9.30. The molecule has 0 aromatic heterocycles. The van der Waals surface area contributed by atoms with Crippen molar-refractivity contribution < 1.29 is 14.5 Å². The van der Waals surface area contributed by atoms with Crippen molar-refractivity contribution in [2.24, 2.45) is 11.8 Å². The molecule has 3 heterocycles. The van der Waals surface area contributed by atoms with E-state index in [1.165, 1.54) is 11.0 Å². The smallest absolute Gasteiger partial charge is 0.269 e. The third-order valence-corrected chi connectivity index (χ3v) is 7.21. The first-order chi connectivity index (χ1) is 12.5. The van der Waals surface area contributed by atoms with E-state index in [0.29, 0.717) is 5.69 Å². The van der Waals surface area contributed by atoms with Gasteiger partial charge >= 0.3 is 0 Å². The van der Waals surface area contributed by atoms with Crippen molar-refractivity contribution in [1.29, 1.82) is 0 Å². The molecule has 5 rings (SSSR count). The van der Waals surface area contributed by atoms with E-state index in [9.17, 15) is 19.7 Å². The molecule has 0 radical (unpaired) electrons. The number of anilines is 1. The number of nitrogens with zero attached hydrogens (tertiary/aromatic N) is 2. The van der Waals surface area contributed by atoms with E-state index in [1.807, 2.05) is 19.1 Å². The van der Waals surface area contributed by atoms with E-state index >= 15 is 0 Å². The van der Waals surface area contributed by atoms with Crippen LogP contribution in [0.15, 0.2) is 42.5 Å². The summed E-state index contributed by atoms with van der Waals surface area (Å²) in [6.45, 7) is 1.95. The lowest BCUT2D eigenvalue weighted by atomic mass is 9.77. The summed E-state index contributed by atoms with van der Waals surface area (Å²) in [5.41, 5.74) is 3.48. The van der Waals surface area contributed by atoms with Crippen molar-refractivity contribution in [3.05, 3.63) is 69.3 Å². The summed E-state index contributed by atoms with van der Waals surface area (Å²) in [6, 6.07) is 12.1. The summed E-state index contributed by atoms with van der Waals surface area (Å²) in [5, 5.41) is 10.8. The van der Waals surface area contributed by atoms with Gasteiger partial charge in [0.05, 0.1) is 22.4 Å². The van der Waals surface area contributed by atoms with Crippen LogP contribution < -0.4 is 4.90 Å². The van der Waals surface area contributed by atoms with E-state index < -0.39 is 10.8 Å². The Morgan fingerprint density at radius 2 is 1.58 bits per heavy atom. The molecule has 2 saturated heterocycles.